The van der Waals surface area contributed by atoms with E-state index in [0.717, 1.165) is 0 Å². The van der Waals surface area contributed by atoms with Crippen molar-refractivity contribution in [2.75, 3.05) is 19.6 Å². The van der Waals surface area contributed by atoms with Gasteiger partial charge in [-0.3, -0.25) is 19.7 Å². The molecule has 0 radical (unpaired) electrons. The van der Waals surface area contributed by atoms with Gasteiger partial charge < -0.3 is 15.0 Å². The van der Waals surface area contributed by atoms with Crippen molar-refractivity contribution < 1.29 is 28.3 Å². The number of benzene rings is 1. The second-order valence-electron chi connectivity index (χ2n) is 6.53. The van der Waals surface area contributed by atoms with Gasteiger partial charge in [-0.1, -0.05) is 0 Å². The van der Waals surface area contributed by atoms with Crippen molar-refractivity contribution in [1.82, 2.24) is 15.5 Å². The van der Waals surface area contributed by atoms with Crippen LogP contribution in [0.25, 0.3) is 0 Å². The van der Waals surface area contributed by atoms with Crippen LogP contribution < -0.4 is 10.6 Å². The molecule has 1 fully saturated rings. The highest BCUT2D eigenvalue weighted by Crippen LogP contribution is 2.20. The zero-order chi connectivity index (χ0) is 20.7. The van der Waals surface area contributed by atoms with Crippen LogP contribution in [0.4, 0.5) is 9.18 Å². The van der Waals surface area contributed by atoms with Gasteiger partial charge in [0.15, 0.2) is 6.10 Å². The average Bonchev–Trinajstić information content (AvgIpc) is 2.68. The molecule has 2 N–H and O–H groups in total. The summed E-state index contributed by atoms with van der Waals surface area (Å²) in [5.41, 5.74) is 0.338. The van der Waals surface area contributed by atoms with Crippen LogP contribution in [0.3, 0.4) is 0 Å². The second-order valence-corrected chi connectivity index (χ2v) is 6.53. The maximum absolute atomic E-state index is 13.0. The molecule has 0 bridgehead atoms. The van der Waals surface area contributed by atoms with Crippen LogP contribution in [0.2, 0.25) is 0 Å². The van der Waals surface area contributed by atoms with Crippen molar-refractivity contribution in [2.45, 2.75) is 32.8 Å². The zero-order valence-corrected chi connectivity index (χ0v) is 15.9. The normalized spacial score (nSPS) is 17.4. The summed E-state index contributed by atoms with van der Waals surface area (Å²) in [6.45, 7) is 4.06. The minimum Gasteiger partial charge on any atom is -0.452 e. The average molecular weight is 393 g/mol. The molecule has 8 nitrogen and oxygen atoms in total. The minimum absolute atomic E-state index is 0.152. The summed E-state index contributed by atoms with van der Waals surface area (Å²) >= 11 is 0. The number of amides is 4. The van der Waals surface area contributed by atoms with Gasteiger partial charge in [-0.15, -0.1) is 0 Å². The SMILES string of the molecule is CCNC(=O)NC(=O)C(C)OC(=O)C1CCCN(C(=O)c2ccc(F)cc2)C1. The first kappa shape index (κ1) is 21.3. The molecule has 9 heteroatoms. The fourth-order valence-corrected chi connectivity index (χ4v) is 2.87. The lowest BCUT2D eigenvalue weighted by Crippen LogP contribution is -2.46. The molecule has 1 aromatic carbocycles. The molecule has 2 atom stereocenters. The van der Waals surface area contributed by atoms with E-state index in [0.29, 0.717) is 31.5 Å². The molecule has 1 heterocycles. The summed E-state index contributed by atoms with van der Waals surface area (Å²) in [7, 11) is 0. The quantitative estimate of drug-likeness (QED) is 0.737. The molecule has 2 unspecified atom stereocenters. The Labute approximate surface area is 162 Å². The van der Waals surface area contributed by atoms with Crippen LogP contribution in [0.5, 0.6) is 0 Å². The van der Waals surface area contributed by atoms with Crippen LogP contribution >= 0.6 is 0 Å². The molecular formula is C19H24FN3O5. The van der Waals surface area contributed by atoms with Crippen molar-refractivity contribution in [1.29, 1.82) is 0 Å². The molecule has 28 heavy (non-hydrogen) atoms. The maximum atomic E-state index is 13.0. The summed E-state index contributed by atoms with van der Waals surface area (Å²) in [5, 5.41) is 4.49. The fourth-order valence-electron chi connectivity index (χ4n) is 2.87. The first-order valence-electron chi connectivity index (χ1n) is 9.15. The molecule has 2 rings (SSSR count). The van der Waals surface area contributed by atoms with Crippen molar-refractivity contribution in [2.24, 2.45) is 5.92 Å². The maximum Gasteiger partial charge on any atom is 0.321 e. The molecule has 0 saturated carbocycles. The number of nitrogens with zero attached hydrogens (tertiary/aromatic N) is 1. The fraction of sp³-hybridized carbons (Fsp3) is 0.474. The Kier molecular flexibility index (Phi) is 7.48. The van der Waals surface area contributed by atoms with E-state index >= 15 is 0 Å². The first-order chi connectivity index (χ1) is 13.3. The number of halogens is 1. The van der Waals surface area contributed by atoms with E-state index in [1.54, 1.807) is 6.92 Å². The Hall–Kier alpha value is -2.97. The molecule has 1 aliphatic rings. The van der Waals surface area contributed by atoms with Crippen LogP contribution in [0.1, 0.15) is 37.0 Å². The van der Waals surface area contributed by atoms with Gasteiger partial charge in [-0.05, 0) is 51.0 Å². The van der Waals surface area contributed by atoms with Gasteiger partial charge in [0.25, 0.3) is 11.8 Å². The summed E-state index contributed by atoms with van der Waals surface area (Å²) in [6, 6.07) is 4.54. The first-order valence-corrected chi connectivity index (χ1v) is 9.15. The van der Waals surface area contributed by atoms with E-state index in [-0.39, 0.29) is 12.5 Å². The lowest BCUT2D eigenvalue weighted by molar-refractivity contribution is -0.159. The lowest BCUT2D eigenvalue weighted by atomic mass is 9.97. The van der Waals surface area contributed by atoms with E-state index in [1.807, 2.05) is 0 Å². The molecule has 4 amide bonds. The van der Waals surface area contributed by atoms with Gasteiger partial charge in [0.05, 0.1) is 5.92 Å². The van der Waals surface area contributed by atoms with E-state index in [2.05, 4.69) is 10.6 Å². The molecule has 1 aromatic rings. The summed E-state index contributed by atoms with van der Waals surface area (Å²) in [5.74, 6) is -2.63. The largest absolute Gasteiger partial charge is 0.452 e. The number of carbonyl (C=O) groups is 4. The molecule has 0 aliphatic carbocycles. The number of piperidine rings is 1. The molecule has 1 aliphatic heterocycles. The molecule has 0 aromatic heterocycles. The molecule has 0 spiro atoms. The topological polar surface area (TPSA) is 105 Å². The predicted molar refractivity (Wildman–Crippen MR) is 97.8 cm³/mol. The minimum atomic E-state index is -1.14. The smallest absolute Gasteiger partial charge is 0.321 e. The van der Waals surface area contributed by atoms with Gasteiger partial charge in [-0.2, -0.15) is 0 Å². The number of hydrogen-bond acceptors (Lipinski definition) is 5. The number of hydrogen-bond donors (Lipinski definition) is 2. The van der Waals surface area contributed by atoms with E-state index < -0.39 is 35.7 Å². The number of nitrogens with one attached hydrogen (secondary N) is 2. The van der Waals surface area contributed by atoms with Gasteiger partial charge in [0.1, 0.15) is 5.82 Å². The number of ether oxygens (including phenoxy) is 1. The standard InChI is InChI=1S/C19H24FN3O5/c1-3-21-19(27)22-16(24)12(2)28-18(26)14-5-4-10-23(11-14)17(25)13-6-8-15(20)9-7-13/h6-9,12,14H,3-5,10-11H2,1-2H3,(H2,21,22,24,27). The molecule has 152 valence electrons. The Balaban J connectivity index is 1.91. The number of esters is 1. The monoisotopic (exact) mass is 393 g/mol. The summed E-state index contributed by atoms with van der Waals surface area (Å²) in [4.78, 5) is 49.7. The van der Waals surface area contributed by atoms with E-state index in [9.17, 15) is 23.6 Å². The van der Waals surface area contributed by atoms with Crippen molar-refractivity contribution in [3.63, 3.8) is 0 Å². The van der Waals surface area contributed by atoms with Crippen LogP contribution in [0, 0.1) is 11.7 Å². The lowest BCUT2D eigenvalue weighted by Gasteiger charge is -2.32. The van der Waals surface area contributed by atoms with Crippen molar-refractivity contribution in [3.05, 3.63) is 35.6 Å². The number of rotatable bonds is 5. The van der Waals surface area contributed by atoms with Gasteiger partial charge in [0.2, 0.25) is 0 Å². The van der Waals surface area contributed by atoms with Gasteiger partial charge in [-0.25, -0.2) is 9.18 Å². The Morgan fingerprint density at radius 1 is 1.25 bits per heavy atom. The second kappa shape index (κ2) is 9.82. The third-order valence-corrected chi connectivity index (χ3v) is 4.37. The molecular weight excluding hydrogens is 369 g/mol. The third-order valence-electron chi connectivity index (χ3n) is 4.37. The Morgan fingerprint density at radius 2 is 1.93 bits per heavy atom. The highest BCUT2D eigenvalue weighted by atomic mass is 19.1. The number of imide groups is 1. The van der Waals surface area contributed by atoms with Crippen LogP contribution in [-0.2, 0) is 14.3 Å². The van der Waals surface area contributed by atoms with E-state index in [4.69, 9.17) is 4.74 Å². The van der Waals surface area contributed by atoms with Crippen LogP contribution in [0.15, 0.2) is 24.3 Å². The Bertz CT molecular complexity index is 738. The number of carbonyl (C=O) groups excluding carboxylic acids is 4. The van der Waals surface area contributed by atoms with Crippen molar-refractivity contribution >= 4 is 23.8 Å². The summed E-state index contributed by atoms with van der Waals surface area (Å²) < 4.78 is 18.2. The highest BCUT2D eigenvalue weighted by molar-refractivity contribution is 5.97. The Morgan fingerprint density at radius 3 is 2.57 bits per heavy atom. The number of likely N-dealkylation sites (tertiary alicyclic amines) is 1. The summed E-state index contributed by atoms with van der Waals surface area (Å²) in [6.07, 6.45) is -0.0126. The number of urea groups is 1. The predicted octanol–water partition coefficient (Wildman–Crippen LogP) is 1.46. The van der Waals surface area contributed by atoms with Gasteiger partial charge >= 0.3 is 12.0 Å². The molecule has 1 saturated heterocycles. The van der Waals surface area contributed by atoms with E-state index in [1.165, 1.54) is 36.1 Å². The highest BCUT2D eigenvalue weighted by Gasteiger charge is 2.32. The third kappa shape index (κ3) is 5.77. The zero-order valence-electron chi connectivity index (χ0n) is 15.9. The van der Waals surface area contributed by atoms with Crippen molar-refractivity contribution in [3.8, 4) is 0 Å². The van der Waals surface area contributed by atoms with Gasteiger partial charge in [0, 0.05) is 25.2 Å². The van der Waals surface area contributed by atoms with Crippen LogP contribution in [-0.4, -0.2) is 54.5 Å².